The van der Waals surface area contributed by atoms with E-state index in [1.54, 1.807) is 34.5 Å². The zero-order valence-electron chi connectivity index (χ0n) is 19.4. The third-order valence-corrected chi connectivity index (χ3v) is 6.18. The molecule has 9 heteroatoms. The molecule has 0 bridgehead atoms. The summed E-state index contributed by atoms with van der Waals surface area (Å²) in [6.07, 6.45) is 8.43. The Bertz CT molecular complexity index is 1430. The van der Waals surface area contributed by atoms with E-state index in [2.05, 4.69) is 27.5 Å². The second-order valence-electron chi connectivity index (χ2n) is 7.95. The zero-order chi connectivity index (χ0) is 24.6. The Morgan fingerprint density at radius 3 is 2.78 bits per heavy atom. The summed E-state index contributed by atoms with van der Waals surface area (Å²) in [5.41, 5.74) is 3.55. The van der Waals surface area contributed by atoms with Gasteiger partial charge in [0.25, 0.3) is 0 Å². The van der Waals surface area contributed by atoms with E-state index >= 15 is 0 Å². The number of anilines is 1. The lowest BCUT2D eigenvalue weighted by Gasteiger charge is -2.08. The summed E-state index contributed by atoms with van der Waals surface area (Å²) in [7, 11) is 0. The molecule has 36 heavy (non-hydrogen) atoms. The van der Waals surface area contributed by atoms with Gasteiger partial charge in [-0.15, -0.1) is 11.3 Å². The molecule has 0 unspecified atom stereocenters. The molecule has 5 rings (SSSR count). The van der Waals surface area contributed by atoms with E-state index in [9.17, 15) is 4.79 Å². The van der Waals surface area contributed by atoms with E-state index in [0.29, 0.717) is 31.1 Å². The number of ether oxygens (including phenoxy) is 1. The molecule has 0 radical (unpaired) electrons. The van der Waals surface area contributed by atoms with Crippen molar-refractivity contribution in [1.29, 1.82) is 0 Å². The Labute approximate surface area is 212 Å². The fourth-order valence-electron chi connectivity index (χ4n) is 3.63. The monoisotopic (exact) mass is 496 g/mol. The van der Waals surface area contributed by atoms with Gasteiger partial charge >= 0.3 is 0 Å². The molecule has 0 saturated heterocycles. The first-order valence-electron chi connectivity index (χ1n) is 11.4. The minimum atomic E-state index is -0.234. The molecule has 0 aliphatic heterocycles. The number of benzene rings is 2. The van der Waals surface area contributed by atoms with Crippen LogP contribution >= 0.6 is 11.3 Å². The molecule has 0 aliphatic carbocycles. The maximum atomic E-state index is 12.7. The van der Waals surface area contributed by atoms with Crippen LogP contribution in [0, 0.1) is 0 Å². The van der Waals surface area contributed by atoms with Crippen LogP contribution in [-0.4, -0.2) is 37.1 Å². The molecule has 0 saturated carbocycles. The highest BCUT2D eigenvalue weighted by atomic mass is 32.1. The number of thiophene rings is 1. The fourth-order valence-corrected chi connectivity index (χ4v) is 4.36. The average Bonchev–Trinajstić information content (AvgIpc) is 3.66. The highest BCUT2D eigenvalue weighted by Crippen LogP contribution is 2.28. The van der Waals surface area contributed by atoms with Gasteiger partial charge in [0.15, 0.2) is 0 Å². The van der Waals surface area contributed by atoms with Crippen LogP contribution in [0.15, 0.2) is 97.0 Å². The molecule has 0 aliphatic rings. The van der Waals surface area contributed by atoms with Gasteiger partial charge in [0.05, 0.1) is 18.0 Å². The first-order chi connectivity index (χ1) is 17.7. The van der Waals surface area contributed by atoms with E-state index in [4.69, 9.17) is 9.84 Å². The number of nitrogens with zero attached hydrogens (tertiary/aromatic N) is 5. The van der Waals surface area contributed by atoms with Crippen LogP contribution in [0.2, 0.25) is 0 Å². The normalized spacial score (nSPS) is 11.1. The van der Waals surface area contributed by atoms with Crippen molar-refractivity contribution in [1.82, 2.24) is 24.5 Å². The summed E-state index contributed by atoms with van der Waals surface area (Å²) < 4.78 is 9.37. The summed E-state index contributed by atoms with van der Waals surface area (Å²) in [5, 5.41) is 13.8. The Morgan fingerprint density at radius 2 is 1.97 bits per heavy atom. The third kappa shape index (κ3) is 6.13. The van der Waals surface area contributed by atoms with Crippen LogP contribution in [0.4, 0.5) is 5.69 Å². The Kier molecular flexibility index (Phi) is 7.29. The van der Waals surface area contributed by atoms with Crippen molar-refractivity contribution in [3.05, 3.63) is 108 Å². The number of hydrogen-bond acceptors (Lipinski definition) is 6. The van der Waals surface area contributed by atoms with E-state index in [-0.39, 0.29) is 5.91 Å². The molecule has 3 aromatic heterocycles. The second-order valence-corrected chi connectivity index (χ2v) is 8.90. The first kappa shape index (κ1) is 23.3. The lowest BCUT2D eigenvalue weighted by atomic mass is 10.2. The minimum absolute atomic E-state index is 0.234. The largest absolute Gasteiger partial charge is 0.492 e. The van der Waals surface area contributed by atoms with Gasteiger partial charge in [-0.05, 0) is 35.2 Å². The maximum absolute atomic E-state index is 12.7. The molecule has 3 heterocycles. The smallest absolute Gasteiger partial charge is 0.248 e. The zero-order valence-corrected chi connectivity index (χ0v) is 20.2. The molecule has 1 amide bonds. The van der Waals surface area contributed by atoms with Gasteiger partial charge in [-0.3, -0.25) is 9.48 Å². The highest BCUT2D eigenvalue weighted by Gasteiger charge is 2.11. The summed E-state index contributed by atoms with van der Waals surface area (Å²) in [6.45, 7) is 1.69. The van der Waals surface area contributed by atoms with Crippen molar-refractivity contribution in [2.75, 3.05) is 11.9 Å². The standard InChI is InChI=1S/C27H24N6O2S/c34-26(30-23-8-4-9-24(16-23)35-14-13-32-20-28-19-29-32)12-11-22-18-33(17-21-6-2-1-3-7-21)31-27(22)25-10-5-15-36-25/h1-12,15-16,18-20H,13-14,17H2,(H,30,34)/b12-11+. The molecule has 0 spiro atoms. The molecule has 0 fully saturated rings. The van der Waals surface area contributed by atoms with Gasteiger partial charge in [-0.25, -0.2) is 9.67 Å². The van der Waals surface area contributed by atoms with Gasteiger partial charge in [0, 0.05) is 29.6 Å². The van der Waals surface area contributed by atoms with Crippen molar-refractivity contribution in [3.63, 3.8) is 0 Å². The Balaban J connectivity index is 1.25. The van der Waals surface area contributed by atoms with Crippen molar-refractivity contribution in [3.8, 4) is 16.3 Å². The van der Waals surface area contributed by atoms with Gasteiger partial charge in [0.2, 0.25) is 5.91 Å². The van der Waals surface area contributed by atoms with Crippen LogP contribution < -0.4 is 10.1 Å². The molecule has 8 nitrogen and oxygen atoms in total. The first-order valence-corrected chi connectivity index (χ1v) is 12.3. The second kappa shape index (κ2) is 11.3. The molecular weight excluding hydrogens is 472 g/mol. The summed E-state index contributed by atoms with van der Waals surface area (Å²) in [4.78, 5) is 17.6. The van der Waals surface area contributed by atoms with Crippen LogP contribution in [0.25, 0.3) is 16.6 Å². The maximum Gasteiger partial charge on any atom is 0.248 e. The summed E-state index contributed by atoms with van der Waals surface area (Å²) >= 11 is 1.62. The van der Waals surface area contributed by atoms with Crippen LogP contribution in [-0.2, 0) is 17.9 Å². The number of carbonyl (C=O) groups excluding carboxylic acids is 1. The van der Waals surface area contributed by atoms with E-state index in [1.807, 2.05) is 64.8 Å². The SMILES string of the molecule is O=C(/C=C/c1cn(Cc2ccccc2)nc1-c1cccs1)Nc1cccc(OCCn2cncn2)c1. The predicted molar refractivity (Wildman–Crippen MR) is 141 cm³/mol. The van der Waals surface area contributed by atoms with Gasteiger partial charge in [0.1, 0.15) is 30.7 Å². The average molecular weight is 497 g/mol. The van der Waals surface area contributed by atoms with Crippen LogP contribution in [0.3, 0.4) is 0 Å². The summed E-state index contributed by atoms with van der Waals surface area (Å²) in [6, 6.07) is 21.5. The van der Waals surface area contributed by atoms with Crippen molar-refractivity contribution >= 4 is 29.0 Å². The minimum Gasteiger partial charge on any atom is -0.492 e. The number of rotatable bonds is 10. The molecule has 0 atom stereocenters. The molecular formula is C27H24N6O2S. The van der Waals surface area contributed by atoms with E-state index in [0.717, 1.165) is 21.7 Å². The number of amides is 1. The van der Waals surface area contributed by atoms with Gasteiger partial charge < -0.3 is 10.1 Å². The number of hydrogen-bond donors (Lipinski definition) is 1. The predicted octanol–water partition coefficient (Wildman–Crippen LogP) is 4.98. The van der Waals surface area contributed by atoms with Crippen LogP contribution in [0.1, 0.15) is 11.1 Å². The lowest BCUT2D eigenvalue weighted by molar-refractivity contribution is -0.111. The third-order valence-electron chi connectivity index (χ3n) is 5.30. The van der Waals surface area contributed by atoms with E-state index < -0.39 is 0 Å². The van der Waals surface area contributed by atoms with Crippen molar-refractivity contribution in [2.45, 2.75) is 13.1 Å². The Morgan fingerprint density at radius 1 is 1.06 bits per heavy atom. The molecule has 2 aromatic carbocycles. The lowest BCUT2D eigenvalue weighted by Crippen LogP contribution is -2.10. The van der Waals surface area contributed by atoms with Crippen molar-refractivity contribution < 1.29 is 9.53 Å². The quantitative estimate of drug-likeness (QED) is 0.276. The van der Waals surface area contributed by atoms with Gasteiger partial charge in [-0.2, -0.15) is 10.2 Å². The van der Waals surface area contributed by atoms with E-state index in [1.165, 1.54) is 12.4 Å². The topological polar surface area (TPSA) is 86.9 Å². The molecule has 180 valence electrons. The van der Waals surface area contributed by atoms with Crippen molar-refractivity contribution in [2.24, 2.45) is 0 Å². The molecule has 5 aromatic rings. The fraction of sp³-hybridized carbons (Fsp3) is 0.111. The highest BCUT2D eigenvalue weighted by molar-refractivity contribution is 7.13. The van der Waals surface area contributed by atoms with Crippen LogP contribution in [0.5, 0.6) is 5.75 Å². The Hall–Kier alpha value is -4.50. The van der Waals surface area contributed by atoms with Gasteiger partial charge in [-0.1, -0.05) is 42.5 Å². The molecule has 1 N–H and O–H groups in total. The number of carbonyl (C=O) groups is 1. The number of nitrogens with one attached hydrogen (secondary N) is 1. The summed E-state index contributed by atoms with van der Waals surface area (Å²) in [5.74, 6) is 0.432. The number of aromatic nitrogens is 5.